The van der Waals surface area contributed by atoms with Crippen molar-refractivity contribution in [2.24, 2.45) is 0 Å². The average Bonchev–Trinajstić information content (AvgIpc) is 3.00. The Hall–Kier alpha value is -2.10. The lowest BCUT2D eigenvalue weighted by Crippen LogP contribution is -2.35. The number of ether oxygens (including phenoxy) is 1. The van der Waals surface area contributed by atoms with E-state index in [9.17, 15) is 0 Å². The van der Waals surface area contributed by atoms with Crippen molar-refractivity contribution in [1.82, 2.24) is 10.3 Å². The number of nitrogens with one attached hydrogen (secondary N) is 2. The molecule has 1 saturated heterocycles. The molecule has 1 fully saturated rings. The SMILES string of the molecule is c1ccc([C@H]2CNC[C@@H](c3c[nH]c4ccccc34)O2)cc1. The van der Waals surface area contributed by atoms with Gasteiger partial charge in [-0.1, -0.05) is 48.5 Å². The van der Waals surface area contributed by atoms with Gasteiger partial charge in [-0.05, 0) is 11.6 Å². The first kappa shape index (κ1) is 12.6. The van der Waals surface area contributed by atoms with Gasteiger partial charge < -0.3 is 15.0 Å². The molecular formula is C18H18N2O. The van der Waals surface area contributed by atoms with Crippen molar-refractivity contribution in [2.75, 3.05) is 13.1 Å². The predicted molar refractivity (Wildman–Crippen MR) is 84.2 cm³/mol. The number of aromatic nitrogens is 1. The molecule has 0 aliphatic carbocycles. The second kappa shape index (κ2) is 5.35. The Balaban J connectivity index is 1.64. The van der Waals surface area contributed by atoms with Crippen molar-refractivity contribution in [1.29, 1.82) is 0 Å². The summed E-state index contributed by atoms with van der Waals surface area (Å²) in [5, 5.41) is 4.75. The molecular weight excluding hydrogens is 260 g/mol. The third-order valence-corrected chi connectivity index (χ3v) is 4.13. The molecule has 1 aliphatic rings. The van der Waals surface area contributed by atoms with E-state index in [0.717, 1.165) is 18.6 Å². The smallest absolute Gasteiger partial charge is 0.0978 e. The zero-order valence-corrected chi connectivity index (χ0v) is 11.8. The molecule has 0 saturated carbocycles. The van der Waals surface area contributed by atoms with Gasteiger partial charge in [-0.3, -0.25) is 0 Å². The van der Waals surface area contributed by atoms with Gasteiger partial charge >= 0.3 is 0 Å². The van der Waals surface area contributed by atoms with E-state index in [0.29, 0.717) is 0 Å². The predicted octanol–water partition coefficient (Wildman–Crippen LogP) is 3.57. The Morgan fingerprint density at radius 3 is 2.52 bits per heavy atom. The lowest BCUT2D eigenvalue weighted by Gasteiger charge is -2.31. The van der Waals surface area contributed by atoms with Crippen LogP contribution in [0, 0.1) is 0 Å². The Labute approximate surface area is 123 Å². The summed E-state index contributed by atoms with van der Waals surface area (Å²) in [7, 11) is 0. The van der Waals surface area contributed by atoms with Gasteiger partial charge in [-0.15, -0.1) is 0 Å². The Bertz CT molecular complexity index is 735. The topological polar surface area (TPSA) is 37.0 Å². The number of hydrogen-bond acceptors (Lipinski definition) is 2. The van der Waals surface area contributed by atoms with Crippen LogP contribution >= 0.6 is 0 Å². The van der Waals surface area contributed by atoms with Gasteiger partial charge in [-0.2, -0.15) is 0 Å². The number of rotatable bonds is 2. The summed E-state index contributed by atoms with van der Waals surface area (Å²) in [6.45, 7) is 1.72. The molecule has 21 heavy (non-hydrogen) atoms. The molecule has 2 N–H and O–H groups in total. The summed E-state index contributed by atoms with van der Waals surface area (Å²) in [6.07, 6.45) is 2.27. The normalized spacial score (nSPS) is 22.5. The maximum absolute atomic E-state index is 6.34. The molecule has 2 atom stereocenters. The molecule has 3 heteroatoms. The van der Waals surface area contributed by atoms with E-state index in [1.54, 1.807) is 0 Å². The van der Waals surface area contributed by atoms with E-state index in [4.69, 9.17) is 4.74 Å². The average molecular weight is 278 g/mol. The van der Waals surface area contributed by atoms with Gasteiger partial charge in [0.15, 0.2) is 0 Å². The number of fused-ring (bicyclic) bond motifs is 1. The minimum atomic E-state index is 0.0834. The molecule has 1 aromatic heterocycles. The Morgan fingerprint density at radius 1 is 0.857 bits per heavy atom. The lowest BCUT2D eigenvalue weighted by atomic mass is 10.0. The molecule has 2 aromatic carbocycles. The van der Waals surface area contributed by atoms with Crippen molar-refractivity contribution in [3.63, 3.8) is 0 Å². The van der Waals surface area contributed by atoms with Crippen molar-refractivity contribution < 1.29 is 4.74 Å². The highest BCUT2D eigenvalue weighted by Gasteiger charge is 2.26. The van der Waals surface area contributed by atoms with E-state index in [1.807, 2.05) is 6.07 Å². The van der Waals surface area contributed by atoms with Crippen LogP contribution in [0.2, 0.25) is 0 Å². The van der Waals surface area contributed by atoms with Gasteiger partial charge in [0.05, 0.1) is 12.2 Å². The number of hydrogen-bond donors (Lipinski definition) is 2. The second-order valence-electron chi connectivity index (χ2n) is 5.47. The molecule has 0 spiro atoms. The number of aromatic amines is 1. The van der Waals surface area contributed by atoms with Gasteiger partial charge in [0, 0.05) is 35.8 Å². The minimum absolute atomic E-state index is 0.0834. The highest BCUT2D eigenvalue weighted by molar-refractivity contribution is 5.83. The largest absolute Gasteiger partial charge is 0.363 e. The first-order chi connectivity index (χ1) is 10.4. The van der Waals surface area contributed by atoms with Crippen molar-refractivity contribution in [3.05, 3.63) is 71.9 Å². The monoisotopic (exact) mass is 278 g/mol. The molecule has 2 heterocycles. The van der Waals surface area contributed by atoms with E-state index in [1.165, 1.54) is 16.5 Å². The molecule has 0 radical (unpaired) electrons. The van der Waals surface area contributed by atoms with Crippen LogP contribution in [0.5, 0.6) is 0 Å². The summed E-state index contributed by atoms with van der Waals surface area (Å²) < 4.78 is 6.34. The molecule has 106 valence electrons. The highest BCUT2D eigenvalue weighted by Crippen LogP contribution is 2.32. The molecule has 4 rings (SSSR count). The van der Waals surface area contributed by atoms with Crippen LogP contribution < -0.4 is 5.32 Å². The van der Waals surface area contributed by atoms with Crippen LogP contribution in [0.1, 0.15) is 23.3 Å². The summed E-state index contributed by atoms with van der Waals surface area (Å²) in [6, 6.07) is 18.8. The van der Waals surface area contributed by atoms with E-state index in [-0.39, 0.29) is 12.2 Å². The molecule has 0 bridgehead atoms. The van der Waals surface area contributed by atoms with Gasteiger partial charge in [0.1, 0.15) is 0 Å². The van der Waals surface area contributed by atoms with E-state index >= 15 is 0 Å². The summed E-state index contributed by atoms with van der Waals surface area (Å²) in [5.74, 6) is 0. The summed E-state index contributed by atoms with van der Waals surface area (Å²) in [5.41, 5.74) is 3.63. The van der Waals surface area contributed by atoms with Crippen molar-refractivity contribution in [3.8, 4) is 0 Å². The van der Waals surface area contributed by atoms with Crippen molar-refractivity contribution >= 4 is 10.9 Å². The van der Waals surface area contributed by atoms with Crippen LogP contribution in [-0.2, 0) is 4.74 Å². The quantitative estimate of drug-likeness (QED) is 0.752. The van der Waals surface area contributed by atoms with Crippen LogP contribution in [0.3, 0.4) is 0 Å². The third kappa shape index (κ3) is 2.35. The maximum Gasteiger partial charge on any atom is 0.0978 e. The summed E-state index contributed by atoms with van der Waals surface area (Å²) in [4.78, 5) is 3.33. The maximum atomic E-state index is 6.34. The summed E-state index contributed by atoms with van der Waals surface area (Å²) >= 11 is 0. The van der Waals surface area contributed by atoms with E-state index in [2.05, 4.69) is 65.0 Å². The fourth-order valence-corrected chi connectivity index (χ4v) is 3.05. The van der Waals surface area contributed by atoms with Crippen LogP contribution in [0.25, 0.3) is 10.9 Å². The van der Waals surface area contributed by atoms with Crippen molar-refractivity contribution in [2.45, 2.75) is 12.2 Å². The van der Waals surface area contributed by atoms with Crippen LogP contribution in [0.4, 0.5) is 0 Å². The van der Waals surface area contributed by atoms with Gasteiger partial charge in [0.2, 0.25) is 0 Å². The standard InChI is InChI=1S/C18H18N2O/c1-2-6-13(7-3-1)17-11-19-12-18(21-17)15-10-20-16-9-5-4-8-14(15)16/h1-10,17-20H,11-12H2/t17-,18+/m1/s1. The van der Waals surface area contributed by atoms with Gasteiger partial charge in [-0.25, -0.2) is 0 Å². The van der Waals surface area contributed by atoms with Gasteiger partial charge in [0.25, 0.3) is 0 Å². The number of para-hydroxylation sites is 1. The van der Waals surface area contributed by atoms with Crippen LogP contribution in [-0.4, -0.2) is 18.1 Å². The number of benzene rings is 2. The number of morpholine rings is 1. The molecule has 0 amide bonds. The second-order valence-corrected chi connectivity index (χ2v) is 5.47. The Morgan fingerprint density at radius 2 is 1.62 bits per heavy atom. The van der Waals surface area contributed by atoms with E-state index < -0.39 is 0 Å². The molecule has 0 unspecified atom stereocenters. The lowest BCUT2D eigenvalue weighted by molar-refractivity contribution is -0.0398. The molecule has 3 aromatic rings. The first-order valence-corrected chi connectivity index (χ1v) is 7.39. The molecule has 3 nitrogen and oxygen atoms in total. The fourth-order valence-electron chi connectivity index (χ4n) is 3.05. The fraction of sp³-hybridized carbons (Fsp3) is 0.222. The van der Waals surface area contributed by atoms with Crippen LogP contribution in [0.15, 0.2) is 60.8 Å². The zero-order chi connectivity index (χ0) is 14.1. The number of H-pyrrole nitrogens is 1. The zero-order valence-electron chi connectivity index (χ0n) is 11.8. The molecule has 1 aliphatic heterocycles. The third-order valence-electron chi connectivity index (χ3n) is 4.13. The Kier molecular flexibility index (Phi) is 3.22. The first-order valence-electron chi connectivity index (χ1n) is 7.39. The minimum Gasteiger partial charge on any atom is -0.363 e. The highest BCUT2D eigenvalue weighted by atomic mass is 16.5.